The summed E-state index contributed by atoms with van der Waals surface area (Å²) in [6.45, 7) is 35.9. The van der Waals surface area contributed by atoms with E-state index in [1.54, 1.807) is 17.9 Å². The molecule has 8 nitrogen and oxygen atoms in total. The smallest absolute Gasteiger partial charge is 0.192 e. The summed E-state index contributed by atoms with van der Waals surface area (Å²) in [5, 5.41) is 14.8. The SMILES string of the molecule is CC(O)c1ncn([C@@H]2O[C@H](CO[Si](C)(C)C(C)(C)C)[C@H](O[Si](C)(C)C(C)(C)C)C2O[Si](C)(C)C(C)(C)C)n1. The van der Waals surface area contributed by atoms with E-state index in [1.807, 2.05) is 0 Å². The number of aliphatic hydroxyl groups is 1. The van der Waals surface area contributed by atoms with Crippen LogP contribution in [0.25, 0.3) is 0 Å². The number of hydrogen-bond donors (Lipinski definition) is 1. The Bertz CT molecular complexity index is 930. The van der Waals surface area contributed by atoms with Gasteiger partial charge >= 0.3 is 0 Å². The summed E-state index contributed by atoms with van der Waals surface area (Å²) in [5.41, 5.74) is 0. The first-order valence-corrected chi connectivity index (χ1v) is 22.8. The number of hydrogen-bond acceptors (Lipinski definition) is 7. The molecule has 0 aliphatic carbocycles. The van der Waals surface area contributed by atoms with Crippen LogP contribution >= 0.6 is 0 Å². The van der Waals surface area contributed by atoms with Crippen LogP contribution in [0.1, 0.15) is 87.4 Å². The Morgan fingerprint density at radius 2 is 1.29 bits per heavy atom. The van der Waals surface area contributed by atoms with Gasteiger partial charge in [0.1, 0.15) is 30.7 Å². The van der Waals surface area contributed by atoms with E-state index in [4.69, 9.17) is 18.0 Å². The maximum absolute atomic E-state index is 10.1. The lowest BCUT2D eigenvalue weighted by molar-refractivity contribution is -0.0551. The fourth-order valence-corrected chi connectivity index (χ4v) is 7.08. The van der Waals surface area contributed by atoms with Crippen LogP contribution in [0, 0.1) is 0 Å². The van der Waals surface area contributed by atoms with Crippen molar-refractivity contribution in [2.24, 2.45) is 0 Å². The van der Waals surface area contributed by atoms with E-state index in [0.29, 0.717) is 12.4 Å². The largest absolute Gasteiger partial charge is 0.414 e. The molecule has 1 fully saturated rings. The Morgan fingerprint density at radius 3 is 1.68 bits per heavy atom. The minimum Gasteiger partial charge on any atom is -0.414 e. The van der Waals surface area contributed by atoms with E-state index in [0.717, 1.165) is 0 Å². The first-order valence-electron chi connectivity index (χ1n) is 14.0. The monoisotopic (exact) mass is 587 g/mol. The normalized spacial score (nSPS) is 25.2. The highest BCUT2D eigenvalue weighted by atomic mass is 28.4. The molecule has 2 heterocycles. The van der Waals surface area contributed by atoms with Crippen molar-refractivity contribution in [1.29, 1.82) is 0 Å². The van der Waals surface area contributed by atoms with Gasteiger partial charge in [-0.15, -0.1) is 0 Å². The molecule has 1 aliphatic heterocycles. The van der Waals surface area contributed by atoms with Gasteiger partial charge in [0.25, 0.3) is 0 Å². The fraction of sp³-hybridized carbons (Fsp3) is 0.926. The quantitative estimate of drug-likeness (QED) is 0.310. The molecular formula is C27H57N3O5Si3. The summed E-state index contributed by atoms with van der Waals surface area (Å²) in [5.74, 6) is 0.363. The van der Waals surface area contributed by atoms with Gasteiger partial charge in [0.05, 0.1) is 6.61 Å². The molecule has 0 radical (unpaired) electrons. The van der Waals surface area contributed by atoms with Gasteiger partial charge in [0.15, 0.2) is 37.0 Å². The van der Waals surface area contributed by atoms with E-state index in [9.17, 15) is 5.11 Å². The first-order chi connectivity index (χ1) is 16.8. The van der Waals surface area contributed by atoms with Gasteiger partial charge in [-0.05, 0) is 61.3 Å². The maximum Gasteiger partial charge on any atom is 0.192 e. The Balaban J connectivity index is 2.59. The van der Waals surface area contributed by atoms with Crippen molar-refractivity contribution in [1.82, 2.24) is 14.8 Å². The second-order valence-electron chi connectivity index (χ2n) is 15.6. The van der Waals surface area contributed by atoms with Crippen LogP contribution < -0.4 is 0 Å². The van der Waals surface area contributed by atoms with E-state index < -0.39 is 37.3 Å². The van der Waals surface area contributed by atoms with Crippen LogP contribution in [0.15, 0.2) is 6.33 Å². The highest BCUT2D eigenvalue weighted by molar-refractivity contribution is 6.75. The van der Waals surface area contributed by atoms with Crippen LogP contribution in [0.3, 0.4) is 0 Å². The lowest BCUT2D eigenvalue weighted by Gasteiger charge is -2.44. The first kappa shape index (κ1) is 33.8. The summed E-state index contributed by atoms with van der Waals surface area (Å²) in [6, 6.07) is 0. The second-order valence-corrected chi connectivity index (χ2v) is 29.9. The third-order valence-electron chi connectivity index (χ3n) is 9.33. The average Bonchev–Trinajstić information content (AvgIpc) is 3.29. The fourth-order valence-electron chi connectivity index (χ4n) is 3.47. The number of ether oxygens (including phenoxy) is 1. The van der Waals surface area contributed by atoms with Crippen LogP contribution in [-0.4, -0.2) is 69.7 Å². The molecule has 5 atom stereocenters. The number of rotatable bonds is 9. The lowest BCUT2D eigenvalue weighted by atomic mass is 10.1. The van der Waals surface area contributed by atoms with Crippen LogP contribution in [0.2, 0.25) is 54.4 Å². The zero-order valence-electron chi connectivity index (χ0n) is 27.1. The summed E-state index contributed by atoms with van der Waals surface area (Å²) < 4.78 is 29.4. The molecule has 2 unspecified atom stereocenters. The standard InChI is InChI=1S/C27H57N3O5Si3/c1-19(31)23-28-18-30(29-23)24-22(35-38(15,16)27(8,9)10)21(34-37(13,14)26(5,6)7)20(33-24)17-32-36(11,12)25(2,3)4/h18-22,24,31H,17H2,1-16H3/t19?,20-,21+,22?,24-/m1/s1. The topological polar surface area (TPSA) is 87.9 Å². The van der Waals surface area contributed by atoms with Gasteiger partial charge in [-0.1, -0.05) is 62.3 Å². The van der Waals surface area contributed by atoms with Gasteiger partial charge in [-0.25, -0.2) is 9.67 Å². The second kappa shape index (κ2) is 11.1. The van der Waals surface area contributed by atoms with E-state index >= 15 is 0 Å². The summed E-state index contributed by atoms with van der Waals surface area (Å²) in [4.78, 5) is 4.34. The van der Waals surface area contributed by atoms with Crippen molar-refractivity contribution in [3.05, 3.63) is 12.2 Å². The van der Waals surface area contributed by atoms with Gasteiger partial charge in [-0.3, -0.25) is 0 Å². The summed E-state index contributed by atoms with van der Waals surface area (Å²) in [7, 11) is -6.47. The minimum absolute atomic E-state index is 0.00192. The molecule has 1 N–H and O–H groups in total. The summed E-state index contributed by atoms with van der Waals surface area (Å²) >= 11 is 0. The highest BCUT2D eigenvalue weighted by Gasteiger charge is 2.55. The van der Waals surface area contributed by atoms with Gasteiger partial charge in [-0.2, -0.15) is 5.10 Å². The Labute approximate surface area is 235 Å². The highest BCUT2D eigenvalue weighted by Crippen LogP contribution is 2.46. The molecule has 1 aliphatic rings. The molecule has 1 saturated heterocycles. The molecule has 11 heteroatoms. The third-order valence-corrected chi connectivity index (χ3v) is 22.8. The molecule has 0 aromatic carbocycles. The van der Waals surface area contributed by atoms with Gasteiger partial charge < -0.3 is 23.1 Å². The predicted molar refractivity (Wildman–Crippen MR) is 162 cm³/mol. The lowest BCUT2D eigenvalue weighted by Crippen LogP contribution is -2.54. The molecule has 0 amide bonds. The van der Waals surface area contributed by atoms with E-state index in [2.05, 4.69) is 112 Å². The van der Waals surface area contributed by atoms with Crippen molar-refractivity contribution in [2.45, 2.75) is 154 Å². The van der Waals surface area contributed by atoms with Crippen LogP contribution in [-0.2, 0) is 18.0 Å². The number of aromatic nitrogens is 3. The zero-order valence-corrected chi connectivity index (χ0v) is 30.1. The summed E-state index contributed by atoms with van der Waals surface area (Å²) in [6.07, 6.45) is -0.700. The molecular weight excluding hydrogens is 531 g/mol. The average molecular weight is 588 g/mol. The van der Waals surface area contributed by atoms with Crippen LogP contribution in [0.4, 0.5) is 0 Å². The maximum atomic E-state index is 10.1. The minimum atomic E-state index is -2.23. The molecule has 38 heavy (non-hydrogen) atoms. The molecule has 0 spiro atoms. The van der Waals surface area contributed by atoms with Crippen LogP contribution in [0.5, 0.6) is 0 Å². The molecule has 0 bridgehead atoms. The van der Waals surface area contributed by atoms with Gasteiger partial charge in [0.2, 0.25) is 0 Å². The Morgan fingerprint density at radius 1 is 0.842 bits per heavy atom. The number of nitrogens with zero attached hydrogens (tertiary/aromatic N) is 3. The predicted octanol–water partition coefficient (Wildman–Crippen LogP) is 7.03. The number of aliphatic hydroxyl groups excluding tert-OH is 1. The molecule has 1 aromatic rings. The Hall–Kier alpha value is -0.409. The Kier molecular flexibility index (Phi) is 9.88. The van der Waals surface area contributed by atoms with E-state index in [-0.39, 0.29) is 33.4 Å². The molecule has 1 aromatic heterocycles. The van der Waals surface area contributed by atoms with Crippen molar-refractivity contribution < 1.29 is 23.1 Å². The zero-order chi connectivity index (χ0) is 29.7. The third kappa shape index (κ3) is 7.45. The molecule has 0 saturated carbocycles. The van der Waals surface area contributed by atoms with Crippen molar-refractivity contribution in [2.75, 3.05) is 6.61 Å². The molecule has 222 valence electrons. The van der Waals surface area contributed by atoms with Crippen molar-refractivity contribution in [3.63, 3.8) is 0 Å². The van der Waals surface area contributed by atoms with Crippen molar-refractivity contribution >= 4 is 25.0 Å². The van der Waals surface area contributed by atoms with Gasteiger partial charge in [0, 0.05) is 0 Å². The molecule has 2 rings (SSSR count). The van der Waals surface area contributed by atoms with E-state index in [1.165, 1.54) is 0 Å². The van der Waals surface area contributed by atoms with Crippen molar-refractivity contribution in [3.8, 4) is 0 Å².